The lowest BCUT2D eigenvalue weighted by Crippen LogP contribution is -2.00. The number of furan rings is 1. The Morgan fingerprint density at radius 3 is 1.82 bits per heavy atom. The molecule has 0 radical (unpaired) electrons. The first-order valence-corrected chi connectivity index (χ1v) is 17.4. The highest BCUT2D eigenvalue weighted by atomic mass is 32.1. The fraction of sp³-hybridized carbons (Fsp3) is 0. The summed E-state index contributed by atoms with van der Waals surface area (Å²) in [6.45, 7) is 0. The van der Waals surface area contributed by atoms with Crippen LogP contribution >= 0.6 is 11.3 Å². The molecule has 7 aromatic carbocycles. The maximum Gasteiger partial charge on any atom is 0.167 e. The molecule has 0 bridgehead atoms. The van der Waals surface area contributed by atoms with Crippen molar-refractivity contribution in [3.8, 4) is 56.4 Å². The van der Waals surface area contributed by atoms with E-state index in [1.807, 2.05) is 47.7 Å². The van der Waals surface area contributed by atoms with Crippen LogP contribution in [0.2, 0.25) is 0 Å². The monoisotopic (exact) mass is 657 g/mol. The summed E-state index contributed by atoms with van der Waals surface area (Å²) >= 11 is 1.83. The quantitative estimate of drug-likeness (QED) is 0.185. The molecular weight excluding hydrogens is 631 g/mol. The number of fused-ring (bicyclic) bond motifs is 6. The number of nitrogens with zero attached hydrogens (tertiary/aromatic N) is 3. The Morgan fingerprint density at radius 1 is 0.380 bits per heavy atom. The molecule has 4 nitrogen and oxygen atoms in total. The molecule has 10 aromatic rings. The van der Waals surface area contributed by atoms with E-state index in [0.29, 0.717) is 17.5 Å². The van der Waals surface area contributed by atoms with Crippen molar-refractivity contribution in [2.45, 2.75) is 0 Å². The van der Waals surface area contributed by atoms with Gasteiger partial charge in [0.2, 0.25) is 0 Å². The van der Waals surface area contributed by atoms with E-state index in [1.54, 1.807) is 0 Å². The van der Waals surface area contributed by atoms with Gasteiger partial charge < -0.3 is 4.42 Å². The van der Waals surface area contributed by atoms with Gasteiger partial charge in [-0.1, -0.05) is 140 Å². The van der Waals surface area contributed by atoms with Gasteiger partial charge in [-0.2, -0.15) is 0 Å². The molecule has 0 unspecified atom stereocenters. The van der Waals surface area contributed by atoms with Crippen LogP contribution in [0.1, 0.15) is 0 Å². The van der Waals surface area contributed by atoms with Gasteiger partial charge in [-0.05, 0) is 46.5 Å². The van der Waals surface area contributed by atoms with Gasteiger partial charge >= 0.3 is 0 Å². The molecule has 0 aliphatic heterocycles. The summed E-state index contributed by atoms with van der Waals surface area (Å²) in [5.41, 5.74) is 8.89. The molecule has 5 heteroatoms. The Morgan fingerprint density at radius 2 is 0.960 bits per heavy atom. The molecule has 3 heterocycles. The lowest BCUT2D eigenvalue weighted by atomic mass is 10.0. The fourth-order valence-corrected chi connectivity index (χ4v) is 8.16. The minimum absolute atomic E-state index is 0.568. The Bertz CT molecular complexity index is 2870. The zero-order valence-corrected chi connectivity index (χ0v) is 27.6. The van der Waals surface area contributed by atoms with Crippen molar-refractivity contribution >= 4 is 53.4 Å². The zero-order chi connectivity index (χ0) is 33.0. The molecule has 0 spiro atoms. The van der Waals surface area contributed by atoms with Gasteiger partial charge in [-0.25, -0.2) is 15.0 Å². The molecule has 0 saturated heterocycles. The van der Waals surface area contributed by atoms with E-state index in [9.17, 15) is 0 Å². The van der Waals surface area contributed by atoms with Crippen LogP contribution in [0.15, 0.2) is 168 Å². The number of rotatable bonds is 5. The first-order valence-electron chi connectivity index (χ1n) is 16.6. The average molecular weight is 658 g/mol. The molecular formula is C45H27N3OS. The highest BCUT2D eigenvalue weighted by molar-refractivity contribution is 7.26. The Labute approximate surface area is 292 Å². The van der Waals surface area contributed by atoms with Crippen LogP contribution in [0.5, 0.6) is 0 Å². The molecule has 0 N–H and O–H groups in total. The van der Waals surface area contributed by atoms with E-state index in [4.69, 9.17) is 19.4 Å². The van der Waals surface area contributed by atoms with Crippen molar-refractivity contribution in [3.05, 3.63) is 164 Å². The van der Waals surface area contributed by atoms with Gasteiger partial charge in [0.05, 0.1) is 5.56 Å². The van der Waals surface area contributed by atoms with E-state index in [1.165, 1.54) is 25.7 Å². The second-order valence-corrected chi connectivity index (χ2v) is 13.4. The smallest absolute Gasteiger partial charge is 0.167 e. The Balaban J connectivity index is 1.15. The molecule has 0 amide bonds. The summed E-state index contributed by atoms with van der Waals surface area (Å²) < 4.78 is 9.00. The number of aromatic nitrogens is 3. The number of hydrogen-bond acceptors (Lipinski definition) is 5. The fourth-order valence-electron chi connectivity index (χ4n) is 6.92. The largest absolute Gasteiger partial charge is 0.455 e. The van der Waals surface area contributed by atoms with Crippen molar-refractivity contribution in [3.63, 3.8) is 0 Å². The Hall–Kier alpha value is -6.43. The lowest BCUT2D eigenvalue weighted by molar-refractivity contribution is 0.669. The highest BCUT2D eigenvalue weighted by Gasteiger charge is 2.18. The molecule has 0 atom stereocenters. The number of para-hydroxylation sites is 2. The lowest BCUT2D eigenvalue weighted by Gasteiger charge is -2.11. The van der Waals surface area contributed by atoms with Crippen molar-refractivity contribution in [2.75, 3.05) is 0 Å². The maximum absolute atomic E-state index is 6.44. The second-order valence-electron chi connectivity index (χ2n) is 12.4. The summed E-state index contributed by atoms with van der Waals surface area (Å²) in [5, 5.41) is 4.66. The average Bonchev–Trinajstić information content (AvgIpc) is 3.77. The van der Waals surface area contributed by atoms with Crippen LogP contribution in [-0.2, 0) is 0 Å². The van der Waals surface area contributed by atoms with Crippen LogP contribution in [0, 0.1) is 0 Å². The predicted molar refractivity (Wildman–Crippen MR) is 207 cm³/mol. The van der Waals surface area contributed by atoms with Gasteiger partial charge in [0.15, 0.2) is 17.5 Å². The van der Waals surface area contributed by atoms with Gasteiger partial charge in [-0.3, -0.25) is 0 Å². The summed E-state index contributed by atoms with van der Waals surface area (Å²) in [6, 6.07) is 56.8. The molecule has 3 aromatic heterocycles. The molecule has 0 aliphatic rings. The molecule has 0 saturated carbocycles. The van der Waals surface area contributed by atoms with Crippen LogP contribution in [0.3, 0.4) is 0 Å². The van der Waals surface area contributed by atoms with Gasteiger partial charge in [0, 0.05) is 42.1 Å². The third-order valence-electron chi connectivity index (χ3n) is 9.37. The van der Waals surface area contributed by atoms with E-state index >= 15 is 0 Å². The molecule has 50 heavy (non-hydrogen) atoms. The minimum Gasteiger partial charge on any atom is -0.455 e. The summed E-state index contributed by atoms with van der Waals surface area (Å²) in [5.74, 6) is 1.78. The van der Waals surface area contributed by atoms with E-state index in [2.05, 4.69) is 127 Å². The van der Waals surface area contributed by atoms with E-state index in [-0.39, 0.29) is 0 Å². The van der Waals surface area contributed by atoms with Crippen LogP contribution in [-0.4, -0.2) is 15.0 Å². The minimum atomic E-state index is 0.568. The van der Waals surface area contributed by atoms with Gasteiger partial charge in [0.1, 0.15) is 11.2 Å². The summed E-state index contributed by atoms with van der Waals surface area (Å²) in [4.78, 5) is 15.3. The molecule has 10 rings (SSSR count). The summed E-state index contributed by atoms with van der Waals surface area (Å²) in [6.07, 6.45) is 0. The topological polar surface area (TPSA) is 51.8 Å². The Kier molecular flexibility index (Phi) is 6.64. The first-order chi connectivity index (χ1) is 24.8. The number of hydrogen-bond donors (Lipinski definition) is 0. The first kappa shape index (κ1) is 28.6. The third-order valence-corrected chi connectivity index (χ3v) is 10.6. The number of thiophene rings is 1. The van der Waals surface area contributed by atoms with Crippen LogP contribution in [0.25, 0.3) is 98.5 Å². The van der Waals surface area contributed by atoms with Crippen molar-refractivity contribution < 1.29 is 4.42 Å². The normalized spacial score (nSPS) is 11.6. The van der Waals surface area contributed by atoms with Crippen molar-refractivity contribution in [1.29, 1.82) is 0 Å². The van der Waals surface area contributed by atoms with E-state index in [0.717, 1.165) is 55.3 Å². The van der Waals surface area contributed by atoms with Gasteiger partial charge in [-0.15, -0.1) is 11.3 Å². The number of benzene rings is 7. The zero-order valence-electron chi connectivity index (χ0n) is 26.7. The maximum atomic E-state index is 6.44. The van der Waals surface area contributed by atoms with Crippen LogP contribution in [0.4, 0.5) is 0 Å². The molecule has 0 fully saturated rings. The van der Waals surface area contributed by atoms with Crippen molar-refractivity contribution in [1.82, 2.24) is 15.0 Å². The van der Waals surface area contributed by atoms with Crippen LogP contribution < -0.4 is 0 Å². The predicted octanol–water partition coefficient (Wildman–Crippen LogP) is 12.5. The van der Waals surface area contributed by atoms with Crippen molar-refractivity contribution in [2.24, 2.45) is 0 Å². The SMILES string of the molecule is c1ccc(-c2ccc(-c3nc(-c4cccc(-c5cccc6c5sc5ccccc56)c4)nc(-c4cccc5c4oc4ccccc45)n3)cc2)cc1. The third kappa shape index (κ3) is 4.79. The highest BCUT2D eigenvalue weighted by Crippen LogP contribution is 2.41. The summed E-state index contributed by atoms with van der Waals surface area (Å²) in [7, 11) is 0. The molecule has 0 aliphatic carbocycles. The standard InChI is InChI=1S/C45H27N3OS/c1-2-11-28(12-3-1)29-23-25-30(26-24-29)43-46-44(48-45(47-43)38-20-10-18-36-34-15-4-6-21-39(34)49-41(36)38)32-14-8-13-31(27-32)33-17-9-19-37-35-16-5-7-22-40(35)50-42(33)37/h1-27H. The van der Waals surface area contributed by atoms with Gasteiger partial charge in [0.25, 0.3) is 0 Å². The van der Waals surface area contributed by atoms with E-state index < -0.39 is 0 Å². The molecule has 234 valence electrons. The second kappa shape index (κ2) is 11.6.